The lowest BCUT2D eigenvalue weighted by molar-refractivity contribution is -0.121. The van der Waals surface area contributed by atoms with Crippen molar-refractivity contribution >= 4 is 28.6 Å². The van der Waals surface area contributed by atoms with Gasteiger partial charge in [-0.3, -0.25) is 14.2 Å². The van der Waals surface area contributed by atoms with Gasteiger partial charge < -0.3 is 5.32 Å². The van der Waals surface area contributed by atoms with Crippen LogP contribution in [0.25, 0.3) is 10.9 Å². The van der Waals surface area contributed by atoms with Crippen LogP contribution in [0.3, 0.4) is 0 Å². The molecule has 1 aliphatic carbocycles. The minimum atomic E-state index is -0.761. The molecule has 7 heteroatoms. The molecule has 0 aliphatic heterocycles. The summed E-state index contributed by atoms with van der Waals surface area (Å²) in [6, 6.07) is 9.63. The van der Waals surface area contributed by atoms with Crippen molar-refractivity contribution in [2.24, 2.45) is 0 Å². The fourth-order valence-electron chi connectivity index (χ4n) is 3.72. The minimum Gasteiger partial charge on any atom is -0.337 e. The summed E-state index contributed by atoms with van der Waals surface area (Å²) in [4.78, 5) is 30.5. The van der Waals surface area contributed by atoms with Crippen LogP contribution < -0.4 is 10.9 Å². The molecule has 1 atom stereocenters. The lowest BCUT2D eigenvalue weighted by Gasteiger charge is -2.32. The summed E-state index contributed by atoms with van der Waals surface area (Å²) in [5.74, 6) is -0.178. The van der Waals surface area contributed by atoms with Gasteiger partial charge in [0.15, 0.2) is 5.16 Å². The second kappa shape index (κ2) is 9.45. The van der Waals surface area contributed by atoms with E-state index >= 15 is 0 Å². The van der Waals surface area contributed by atoms with Gasteiger partial charge in [0, 0.05) is 6.54 Å². The summed E-state index contributed by atoms with van der Waals surface area (Å²) >= 11 is 1.29. The number of fused-ring (bicyclic) bond motifs is 1. The zero-order valence-corrected chi connectivity index (χ0v) is 17.9. The van der Waals surface area contributed by atoms with Crippen LogP contribution in [-0.4, -0.2) is 26.2 Å². The molecule has 154 valence electrons. The molecule has 2 aromatic rings. The first kappa shape index (κ1) is 21.4. The Kier molecular flexibility index (Phi) is 6.96. The SMILES string of the molecule is CCCCn1c(SC(C)C(=O)NC2(C#N)CCCCC2)nc2ccccc2c1=O. The molecule has 1 unspecified atom stereocenters. The van der Waals surface area contributed by atoms with Crippen LogP contribution in [-0.2, 0) is 11.3 Å². The molecule has 1 aromatic carbocycles. The molecule has 1 aliphatic rings. The standard InChI is InChI=1S/C22H28N4O2S/c1-3-4-14-26-20(28)17-10-6-7-11-18(17)24-21(26)29-16(2)19(27)25-22(15-23)12-8-5-9-13-22/h6-7,10-11,16H,3-5,8-9,12-14H2,1-2H3,(H,25,27). The third-order valence-electron chi connectivity index (χ3n) is 5.50. The molecule has 3 rings (SSSR count). The zero-order valence-electron chi connectivity index (χ0n) is 17.1. The van der Waals surface area contributed by atoms with Crippen molar-refractivity contribution in [3.63, 3.8) is 0 Å². The van der Waals surface area contributed by atoms with E-state index in [4.69, 9.17) is 0 Å². The Morgan fingerprint density at radius 1 is 1.34 bits per heavy atom. The quantitative estimate of drug-likeness (QED) is 0.548. The van der Waals surface area contributed by atoms with Crippen LogP contribution in [0.1, 0.15) is 58.8 Å². The number of nitrogens with zero attached hydrogens (tertiary/aromatic N) is 3. The van der Waals surface area contributed by atoms with E-state index in [1.807, 2.05) is 18.2 Å². The number of aromatic nitrogens is 2. The minimum absolute atomic E-state index is 0.0695. The molecule has 1 aromatic heterocycles. The van der Waals surface area contributed by atoms with E-state index in [9.17, 15) is 14.9 Å². The summed E-state index contributed by atoms with van der Waals surface area (Å²) in [5, 5.41) is 13.3. The van der Waals surface area contributed by atoms with Crippen LogP contribution in [0.15, 0.2) is 34.2 Å². The van der Waals surface area contributed by atoms with Crippen molar-refractivity contribution in [2.75, 3.05) is 0 Å². The van der Waals surface area contributed by atoms with Crippen LogP contribution in [0, 0.1) is 11.3 Å². The zero-order chi connectivity index (χ0) is 20.9. The maximum absolute atomic E-state index is 13.0. The van der Waals surface area contributed by atoms with Crippen LogP contribution >= 0.6 is 11.8 Å². The van der Waals surface area contributed by atoms with E-state index < -0.39 is 10.8 Å². The summed E-state index contributed by atoms with van der Waals surface area (Å²) in [7, 11) is 0. The highest BCUT2D eigenvalue weighted by molar-refractivity contribution is 8.00. The van der Waals surface area contributed by atoms with Crippen molar-refractivity contribution in [1.29, 1.82) is 5.26 Å². The first-order valence-electron chi connectivity index (χ1n) is 10.4. The van der Waals surface area contributed by atoms with Crippen molar-refractivity contribution < 1.29 is 4.79 Å². The topological polar surface area (TPSA) is 87.8 Å². The second-order valence-corrected chi connectivity index (χ2v) is 9.03. The predicted molar refractivity (Wildman–Crippen MR) is 116 cm³/mol. The molecule has 29 heavy (non-hydrogen) atoms. The first-order valence-corrected chi connectivity index (χ1v) is 11.3. The predicted octanol–water partition coefficient (Wildman–Crippen LogP) is 4.02. The van der Waals surface area contributed by atoms with Gasteiger partial charge in [-0.15, -0.1) is 0 Å². The van der Waals surface area contributed by atoms with Gasteiger partial charge >= 0.3 is 0 Å². The van der Waals surface area contributed by atoms with Gasteiger partial charge in [0.05, 0.1) is 22.2 Å². The number of hydrogen-bond acceptors (Lipinski definition) is 5. The fourth-order valence-corrected chi connectivity index (χ4v) is 4.65. The Hall–Kier alpha value is -2.33. The number of hydrogen-bond donors (Lipinski definition) is 1. The van der Waals surface area contributed by atoms with Gasteiger partial charge in [-0.05, 0) is 38.3 Å². The number of rotatable bonds is 7. The number of benzene rings is 1. The fraction of sp³-hybridized carbons (Fsp3) is 0.545. The summed E-state index contributed by atoms with van der Waals surface area (Å²) in [5.41, 5.74) is -0.191. The van der Waals surface area contributed by atoms with E-state index in [0.29, 0.717) is 35.4 Å². The molecular formula is C22H28N4O2S. The van der Waals surface area contributed by atoms with Gasteiger partial charge in [-0.1, -0.05) is 56.5 Å². The molecule has 0 bridgehead atoms. The Morgan fingerprint density at radius 3 is 2.76 bits per heavy atom. The number of nitriles is 1. The van der Waals surface area contributed by atoms with Gasteiger partial charge in [0.2, 0.25) is 5.91 Å². The normalized spacial score (nSPS) is 16.9. The summed E-state index contributed by atoms with van der Waals surface area (Å²) in [6.07, 6.45) is 6.24. The summed E-state index contributed by atoms with van der Waals surface area (Å²) < 4.78 is 1.68. The van der Waals surface area contributed by atoms with E-state index in [0.717, 1.165) is 32.1 Å². The van der Waals surface area contributed by atoms with Gasteiger partial charge in [0.1, 0.15) is 5.54 Å². The average molecular weight is 413 g/mol. The third kappa shape index (κ3) is 4.81. The van der Waals surface area contributed by atoms with Crippen molar-refractivity contribution in [3.8, 4) is 6.07 Å². The van der Waals surface area contributed by atoms with Gasteiger partial charge in [-0.25, -0.2) is 4.98 Å². The van der Waals surface area contributed by atoms with E-state index in [1.165, 1.54) is 11.8 Å². The number of amides is 1. The second-order valence-electron chi connectivity index (χ2n) is 7.73. The van der Waals surface area contributed by atoms with Gasteiger partial charge in [0.25, 0.3) is 5.56 Å². The molecule has 1 saturated carbocycles. The first-order chi connectivity index (χ1) is 14.0. The highest BCUT2D eigenvalue weighted by Crippen LogP contribution is 2.29. The van der Waals surface area contributed by atoms with Crippen molar-refractivity contribution in [2.45, 2.75) is 81.3 Å². The Labute approximate surface area is 175 Å². The summed E-state index contributed by atoms with van der Waals surface area (Å²) in [6.45, 7) is 4.46. The number of thioether (sulfide) groups is 1. The number of carbonyl (C=O) groups excluding carboxylic acids is 1. The molecule has 1 fully saturated rings. The molecule has 0 spiro atoms. The van der Waals surface area contributed by atoms with E-state index in [-0.39, 0.29) is 11.5 Å². The Morgan fingerprint density at radius 2 is 2.07 bits per heavy atom. The number of unbranched alkanes of at least 4 members (excludes halogenated alkanes) is 1. The van der Waals surface area contributed by atoms with Crippen LogP contribution in [0.2, 0.25) is 0 Å². The largest absolute Gasteiger partial charge is 0.337 e. The molecule has 0 saturated heterocycles. The number of carbonyl (C=O) groups is 1. The van der Waals surface area contributed by atoms with Crippen molar-refractivity contribution in [1.82, 2.24) is 14.9 Å². The van der Waals surface area contributed by atoms with Crippen molar-refractivity contribution in [3.05, 3.63) is 34.6 Å². The number of para-hydroxylation sites is 1. The van der Waals surface area contributed by atoms with E-state index in [1.54, 1.807) is 17.6 Å². The maximum atomic E-state index is 13.0. The van der Waals surface area contributed by atoms with Crippen LogP contribution in [0.5, 0.6) is 0 Å². The molecule has 1 heterocycles. The lowest BCUT2D eigenvalue weighted by atomic mass is 9.83. The Bertz CT molecular complexity index is 973. The molecule has 0 radical (unpaired) electrons. The Balaban J connectivity index is 1.85. The average Bonchev–Trinajstić information content (AvgIpc) is 2.74. The van der Waals surface area contributed by atoms with E-state index in [2.05, 4.69) is 23.3 Å². The molecule has 1 N–H and O–H groups in total. The maximum Gasteiger partial charge on any atom is 0.262 e. The number of nitrogens with one attached hydrogen (secondary N) is 1. The van der Waals surface area contributed by atoms with Gasteiger partial charge in [-0.2, -0.15) is 5.26 Å². The monoisotopic (exact) mass is 412 g/mol. The van der Waals surface area contributed by atoms with Crippen LogP contribution in [0.4, 0.5) is 0 Å². The third-order valence-corrected chi connectivity index (χ3v) is 6.59. The lowest BCUT2D eigenvalue weighted by Crippen LogP contribution is -2.51. The highest BCUT2D eigenvalue weighted by Gasteiger charge is 2.35. The smallest absolute Gasteiger partial charge is 0.262 e. The molecular weight excluding hydrogens is 384 g/mol. The molecule has 1 amide bonds. The molecule has 6 nitrogen and oxygen atoms in total. The highest BCUT2D eigenvalue weighted by atomic mass is 32.2.